The van der Waals surface area contributed by atoms with Crippen LogP contribution in [0.1, 0.15) is 24.8 Å². The fraction of sp³-hybridized carbons (Fsp3) is 0.333. The van der Waals surface area contributed by atoms with Crippen molar-refractivity contribution >= 4 is 12.5 Å². The predicted molar refractivity (Wildman–Crippen MR) is 61.7 cm³/mol. The minimum Gasteiger partial charge on any atom is -0.306 e. The Morgan fingerprint density at radius 3 is 2.73 bits per heavy atom. The second kappa shape index (κ2) is 7.74. The van der Waals surface area contributed by atoms with Crippen LogP contribution in [0.3, 0.4) is 0 Å². The normalized spacial score (nSPS) is 10.4. The van der Waals surface area contributed by atoms with Crippen LogP contribution < -0.4 is 5.43 Å². The average molecular weight is 204 g/mol. The molecule has 1 aromatic rings. The van der Waals surface area contributed by atoms with Crippen molar-refractivity contribution < 1.29 is 4.79 Å². The minimum absolute atomic E-state index is 0.616. The highest BCUT2D eigenvalue weighted by Gasteiger charge is 1.87. The largest absolute Gasteiger partial charge is 0.306 e. The molecule has 0 aromatic heterocycles. The van der Waals surface area contributed by atoms with E-state index in [2.05, 4.69) is 22.7 Å². The van der Waals surface area contributed by atoms with Gasteiger partial charge in [-0.1, -0.05) is 30.3 Å². The molecular weight excluding hydrogens is 188 g/mol. The molecule has 0 atom stereocenters. The first-order valence-corrected chi connectivity index (χ1v) is 5.15. The number of hydrogen-bond donors (Lipinski definition) is 1. The van der Waals surface area contributed by atoms with Gasteiger partial charge in [0.25, 0.3) is 0 Å². The highest BCUT2D eigenvalue weighted by atomic mass is 16.1. The first-order valence-electron chi connectivity index (χ1n) is 5.15. The zero-order chi connectivity index (χ0) is 10.8. The second-order valence-electron chi connectivity index (χ2n) is 3.23. The summed E-state index contributed by atoms with van der Waals surface area (Å²) in [5, 5.41) is 4.05. The highest BCUT2D eigenvalue weighted by Crippen LogP contribution is 1.96. The fourth-order valence-electron chi connectivity index (χ4n) is 1.15. The third kappa shape index (κ3) is 5.62. The molecule has 0 amide bonds. The van der Waals surface area contributed by atoms with E-state index in [4.69, 9.17) is 0 Å². The molecule has 0 fully saturated rings. The summed E-state index contributed by atoms with van der Waals surface area (Å²) >= 11 is 0. The molecule has 15 heavy (non-hydrogen) atoms. The maximum absolute atomic E-state index is 10.0. The van der Waals surface area contributed by atoms with Gasteiger partial charge in [0.15, 0.2) is 0 Å². The number of aldehydes is 1. The molecule has 0 unspecified atom stereocenters. The molecule has 0 heterocycles. The van der Waals surface area contributed by atoms with Crippen LogP contribution in [0.5, 0.6) is 0 Å². The number of nitrogens with one attached hydrogen (secondary N) is 1. The molecule has 1 rings (SSSR count). The molecule has 1 N–H and O–H groups in total. The molecule has 0 aliphatic carbocycles. The molecule has 1 aromatic carbocycles. The zero-order valence-electron chi connectivity index (χ0n) is 8.73. The molecule has 0 saturated carbocycles. The molecule has 0 radical (unpaired) electrons. The smallest absolute Gasteiger partial charge is 0.120 e. The number of benzene rings is 1. The van der Waals surface area contributed by atoms with Crippen LogP contribution >= 0.6 is 0 Å². The summed E-state index contributed by atoms with van der Waals surface area (Å²) in [5.74, 6) is 0. The Labute approximate surface area is 90.2 Å². The van der Waals surface area contributed by atoms with E-state index in [0.717, 1.165) is 25.7 Å². The van der Waals surface area contributed by atoms with E-state index in [9.17, 15) is 4.79 Å². The molecule has 3 heteroatoms. The van der Waals surface area contributed by atoms with Gasteiger partial charge in [0, 0.05) is 12.6 Å². The fourth-order valence-corrected chi connectivity index (χ4v) is 1.15. The third-order valence-corrected chi connectivity index (χ3v) is 1.96. The van der Waals surface area contributed by atoms with Gasteiger partial charge in [-0.3, -0.25) is 0 Å². The van der Waals surface area contributed by atoms with E-state index in [-0.39, 0.29) is 0 Å². The average Bonchev–Trinajstić information content (AvgIpc) is 2.29. The van der Waals surface area contributed by atoms with E-state index in [1.807, 2.05) is 24.4 Å². The van der Waals surface area contributed by atoms with Crippen molar-refractivity contribution in [1.82, 2.24) is 5.43 Å². The predicted octanol–water partition coefficient (Wildman–Crippen LogP) is 2.13. The first kappa shape index (κ1) is 11.4. The Kier molecular flexibility index (Phi) is 5.90. The van der Waals surface area contributed by atoms with Crippen LogP contribution in [0.15, 0.2) is 35.4 Å². The molecule has 3 nitrogen and oxygen atoms in total. The van der Waals surface area contributed by atoms with E-state index in [1.54, 1.807) is 0 Å². The van der Waals surface area contributed by atoms with Crippen LogP contribution in [0.4, 0.5) is 0 Å². The third-order valence-electron chi connectivity index (χ3n) is 1.96. The first-order chi connectivity index (χ1) is 7.43. The Morgan fingerprint density at radius 1 is 1.20 bits per heavy atom. The minimum atomic E-state index is 0.616. The van der Waals surface area contributed by atoms with E-state index >= 15 is 0 Å². The van der Waals surface area contributed by atoms with Crippen molar-refractivity contribution in [2.75, 3.05) is 0 Å². The summed E-state index contributed by atoms with van der Waals surface area (Å²) in [6, 6.07) is 10.1. The number of unbranched alkanes of at least 4 members (excludes halogenated alkanes) is 2. The molecule has 0 spiro atoms. The lowest BCUT2D eigenvalue weighted by atomic mass is 10.2. The molecular formula is C12H16N2O. The van der Waals surface area contributed by atoms with Crippen molar-refractivity contribution in [2.45, 2.75) is 25.8 Å². The van der Waals surface area contributed by atoms with Gasteiger partial charge in [-0.05, 0) is 18.4 Å². The maximum Gasteiger partial charge on any atom is 0.120 e. The topological polar surface area (TPSA) is 41.5 Å². The van der Waals surface area contributed by atoms with Crippen molar-refractivity contribution in [1.29, 1.82) is 0 Å². The number of hydrogen-bond acceptors (Lipinski definition) is 3. The van der Waals surface area contributed by atoms with Crippen molar-refractivity contribution in [3.63, 3.8) is 0 Å². The molecule has 80 valence electrons. The summed E-state index contributed by atoms with van der Waals surface area (Å²) in [6.07, 6.45) is 5.09. The number of hydrazone groups is 1. The lowest BCUT2D eigenvalue weighted by molar-refractivity contribution is -0.107. The van der Waals surface area contributed by atoms with Gasteiger partial charge in [0.1, 0.15) is 6.29 Å². The van der Waals surface area contributed by atoms with E-state index in [0.29, 0.717) is 6.42 Å². The van der Waals surface area contributed by atoms with Gasteiger partial charge in [-0.2, -0.15) is 5.10 Å². The van der Waals surface area contributed by atoms with E-state index < -0.39 is 0 Å². The van der Waals surface area contributed by atoms with Gasteiger partial charge >= 0.3 is 0 Å². The summed E-state index contributed by atoms with van der Waals surface area (Å²) in [6.45, 7) is 0.741. The van der Waals surface area contributed by atoms with Crippen LogP contribution in [-0.4, -0.2) is 12.5 Å². The van der Waals surface area contributed by atoms with Crippen LogP contribution in [0, 0.1) is 0 Å². The lowest BCUT2D eigenvalue weighted by Gasteiger charge is -1.99. The Hall–Kier alpha value is -1.64. The van der Waals surface area contributed by atoms with Crippen LogP contribution in [0.2, 0.25) is 0 Å². The Morgan fingerprint density at radius 2 is 2.00 bits per heavy atom. The molecule has 0 aliphatic heterocycles. The van der Waals surface area contributed by atoms with Gasteiger partial charge in [-0.15, -0.1) is 0 Å². The zero-order valence-corrected chi connectivity index (χ0v) is 8.73. The van der Waals surface area contributed by atoms with Gasteiger partial charge in [-0.25, -0.2) is 0 Å². The molecule has 0 bridgehead atoms. The molecule has 0 aliphatic rings. The summed E-state index contributed by atoms with van der Waals surface area (Å²) in [4.78, 5) is 10.0. The molecule has 0 saturated heterocycles. The number of carbonyl (C=O) groups excluding carboxylic acids is 1. The summed E-state index contributed by atoms with van der Waals surface area (Å²) in [7, 11) is 0. The SMILES string of the molecule is O=CCCCC=NNCc1ccccc1. The van der Waals surface area contributed by atoms with E-state index in [1.165, 1.54) is 5.56 Å². The summed E-state index contributed by atoms with van der Waals surface area (Å²) in [5.41, 5.74) is 4.17. The summed E-state index contributed by atoms with van der Waals surface area (Å²) < 4.78 is 0. The van der Waals surface area contributed by atoms with Crippen LogP contribution in [0.25, 0.3) is 0 Å². The van der Waals surface area contributed by atoms with Crippen molar-refractivity contribution in [2.24, 2.45) is 5.10 Å². The lowest BCUT2D eigenvalue weighted by Crippen LogP contribution is -2.04. The van der Waals surface area contributed by atoms with Crippen molar-refractivity contribution in [3.8, 4) is 0 Å². The second-order valence-corrected chi connectivity index (χ2v) is 3.23. The monoisotopic (exact) mass is 204 g/mol. The number of nitrogens with zero attached hydrogens (tertiary/aromatic N) is 1. The van der Waals surface area contributed by atoms with Crippen LogP contribution in [-0.2, 0) is 11.3 Å². The van der Waals surface area contributed by atoms with Crippen molar-refractivity contribution in [3.05, 3.63) is 35.9 Å². The van der Waals surface area contributed by atoms with Gasteiger partial charge < -0.3 is 10.2 Å². The highest BCUT2D eigenvalue weighted by molar-refractivity contribution is 5.58. The number of carbonyl (C=O) groups is 1. The maximum atomic E-state index is 10.0. The number of rotatable bonds is 7. The standard InChI is InChI=1S/C12H16N2O/c15-10-6-2-5-9-13-14-11-12-7-3-1-4-8-12/h1,3-4,7-10,14H,2,5-6,11H2. The Balaban J connectivity index is 2.08. The quantitative estimate of drug-likeness (QED) is 0.320. The van der Waals surface area contributed by atoms with Gasteiger partial charge in [0.2, 0.25) is 0 Å². The Bertz CT molecular complexity index is 296. The van der Waals surface area contributed by atoms with Gasteiger partial charge in [0.05, 0.1) is 6.54 Å².